The maximum Gasteiger partial charge on any atom is 0.325 e. The van der Waals surface area contributed by atoms with Crippen LogP contribution in [-0.4, -0.2) is 78.8 Å². The zero-order valence-corrected chi connectivity index (χ0v) is 16.1. The molecule has 4 amide bonds. The highest BCUT2D eigenvalue weighted by Crippen LogP contribution is 2.16. The number of nitrogens with zero attached hydrogens (tertiary/aromatic N) is 3. The molecule has 0 aromatic heterocycles. The third kappa shape index (κ3) is 4.47. The summed E-state index contributed by atoms with van der Waals surface area (Å²) in [5.74, 6) is -1.35. The number of rotatable bonds is 5. The summed E-state index contributed by atoms with van der Waals surface area (Å²) in [4.78, 5) is 39.5. The van der Waals surface area contributed by atoms with Gasteiger partial charge in [0.15, 0.2) is 0 Å². The lowest BCUT2D eigenvalue weighted by atomic mass is 10.1. The SMILES string of the molecule is CS(=O)(=O)N1CCN(C(=O)CC2NC(=O)N(Cc3cccc(F)c3)C2=O)CC1. The van der Waals surface area contributed by atoms with Crippen molar-refractivity contribution in [1.82, 2.24) is 19.4 Å². The lowest BCUT2D eigenvalue weighted by Crippen LogP contribution is -2.51. The van der Waals surface area contributed by atoms with E-state index in [-0.39, 0.29) is 45.1 Å². The molecule has 1 aromatic carbocycles. The lowest BCUT2D eigenvalue weighted by Gasteiger charge is -2.33. The Balaban J connectivity index is 1.57. The van der Waals surface area contributed by atoms with Gasteiger partial charge in [-0.1, -0.05) is 12.1 Å². The molecule has 11 heteroatoms. The van der Waals surface area contributed by atoms with E-state index in [9.17, 15) is 27.2 Å². The number of imide groups is 1. The smallest absolute Gasteiger partial charge is 0.325 e. The standard InChI is InChI=1S/C17H21FN4O5S/c1-28(26,27)21-7-5-20(6-8-21)15(23)10-14-16(24)22(17(25)19-14)11-12-3-2-4-13(18)9-12/h2-4,9,14H,5-8,10-11H2,1H3,(H,19,25). The van der Waals surface area contributed by atoms with E-state index in [1.807, 2.05) is 0 Å². The van der Waals surface area contributed by atoms with Crippen molar-refractivity contribution in [2.75, 3.05) is 32.4 Å². The molecule has 1 aromatic rings. The molecule has 2 heterocycles. The fourth-order valence-electron chi connectivity index (χ4n) is 3.26. The number of benzene rings is 1. The highest BCUT2D eigenvalue weighted by atomic mass is 32.2. The minimum Gasteiger partial charge on any atom is -0.340 e. The Kier molecular flexibility index (Phi) is 5.66. The summed E-state index contributed by atoms with van der Waals surface area (Å²) >= 11 is 0. The average molecular weight is 412 g/mol. The Morgan fingerprint density at radius 3 is 2.50 bits per heavy atom. The molecular formula is C17H21FN4O5S. The molecule has 28 heavy (non-hydrogen) atoms. The highest BCUT2D eigenvalue weighted by Gasteiger charge is 2.40. The van der Waals surface area contributed by atoms with E-state index in [2.05, 4.69) is 5.32 Å². The first-order chi connectivity index (χ1) is 13.1. The van der Waals surface area contributed by atoms with Crippen LogP contribution in [0.15, 0.2) is 24.3 Å². The Hall–Kier alpha value is -2.53. The van der Waals surface area contributed by atoms with Gasteiger partial charge >= 0.3 is 6.03 Å². The van der Waals surface area contributed by atoms with Crippen LogP contribution in [0.3, 0.4) is 0 Å². The number of amides is 4. The maximum absolute atomic E-state index is 13.3. The van der Waals surface area contributed by atoms with Crippen molar-refractivity contribution in [2.24, 2.45) is 0 Å². The van der Waals surface area contributed by atoms with Crippen LogP contribution in [0.25, 0.3) is 0 Å². The van der Waals surface area contributed by atoms with E-state index in [1.54, 1.807) is 6.07 Å². The van der Waals surface area contributed by atoms with Crippen molar-refractivity contribution in [1.29, 1.82) is 0 Å². The minimum atomic E-state index is -3.30. The van der Waals surface area contributed by atoms with Gasteiger partial charge in [-0.05, 0) is 17.7 Å². The Labute approximate surface area is 162 Å². The summed E-state index contributed by atoms with van der Waals surface area (Å²) in [7, 11) is -3.30. The number of hydrogen-bond donors (Lipinski definition) is 1. The van der Waals surface area contributed by atoms with Crippen molar-refractivity contribution in [2.45, 2.75) is 19.0 Å². The molecule has 2 saturated heterocycles. The maximum atomic E-state index is 13.3. The lowest BCUT2D eigenvalue weighted by molar-refractivity contribution is -0.136. The summed E-state index contributed by atoms with van der Waals surface area (Å²) in [6, 6.07) is 3.97. The van der Waals surface area contributed by atoms with Gasteiger partial charge in [0.2, 0.25) is 15.9 Å². The van der Waals surface area contributed by atoms with Crippen LogP contribution in [0.1, 0.15) is 12.0 Å². The van der Waals surface area contributed by atoms with Crippen LogP contribution in [0.4, 0.5) is 9.18 Å². The fourth-order valence-corrected chi connectivity index (χ4v) is 4.08. The van der Waals surface area contributed by atoms with Crippen LogP contribution in [0, 0.1) is 5.82 Å². The predicted octanol–water partition coefficient (Wildman–Crippen LogP) is -0.260. The zero-order chi connectivity index (χ0) is 20.5. The molecule has 9 nitrogen and oxygen atoms in total. The molecule has 2 aliphatic rings. The van der Waals surface area contributed by atoms with Crippen molar-refractivity contribution in [3.63, 3.8) is 0 Å². The normalized spacial score (nSPS) is 21.1. The number of urea groups is 1. The van der Waals surface area contributed by atoms with Gasteiger partial charge in [-0.3, -0.25) is 14.5 Å². The van der Waals surface area contributed by atoms with Crippen LogP contribution in [0.5, 0.6) is 0 Å². The largest absolute Gasteiger partial charge is 0.340 e. The molecule has 0 spiro atoms. The number of halogens is 1. The molecule has 1 N–H and O–H groups in total. The van der Waals surface area contributed by atoms with Crippen molar-refractivity contribution in [3.8, 4) is 0 Å². The second-order valence-electron chi connectivity index (χ2n) is 6.80. The molecule has 0 bridgehead atoms. The molecule has 1 atom stereocenters. The number of sulfonamides is 1. The quantitative estimate of drug-likeness (QED) is 0.671. The van der Waals surface area contributed by atoms with Gasteiger partial charge in [-0.2, -0.15) is 4.31 Å². The van der Waals surface area contributed by atoms with Gasteiger partial charge in [0.1, 0.15) is 11.9 Å². The first kappa shape index (κ1) is 20.2. The summed E-state index contributed by atoms with van der Waals surface area (Å²) < 4.78 is 37.6. The number of hydrogen-bond acceptors (Lipinski definition) is 5. The summed E-state index contributed by atoms with van der Waals surface area (Å²) in [6.45, 7) is 0.768. The summed E-state index contributed by atoms with van der Waals surface area (Å²) in [6.07, 6.45) is 0.910. The second-order valence-corrected chi connectivity index (χ2v) is 8.79. The minimum absolute atomic E-state index is 0.0832. The number of carbonyl (C=O) groups is 3. The van der Waals surface area contributed by atoms with E-state index in [0.29, 0.717) is 5.56 Å². The second kappa shape index (κ2) is 7.84. The molecule has 1 unspecified atom stereocenters. The van der Waals surface area contributed by atoms with Crippen molar-refractivity contribution < 1.29 is 27.2 Å². The third-order valence-electron chi connectivity index (χ3n) is 4.78. The Morgan fingerprint density at radius 1 is 1.21 bits per heavy atom. The number of nitrogens with one attached hydrogen (secondary N) is 1. The summed E-state index contributed by atoms with van der Waals surface area (Å²) in [5.41, 5.74) is 0.465. The van der Waals surface area contributed by atoms with Gasteiger partial charge in [-0.25, -0.2) is 17.6 Å². The number of piperazine rings is 1. The van der Waals surface area contributed by atoms with E-state index in [1.165, 1.54) is 27.4 Å². The van der Waals surface area contributed by atoms with Crippen LogP contribution in [0.2, 0.25) is 0 Å². The molecule has 2 fully saturated rings. The van der Waals surface area contributed by atoms with Crippen LogP contribution in [-0.2, 0) is 26.2 Å². The van der Waals surface area contributed by atoms with Crippen LogP contribution < -0.4 is 5.32 Å². The third-order valence-corrected chi connectivity index (χ3v) is 6.08. The average Bonchev–Trinajstić information content (AvgIpc) is 2.88. The molecular weight excluding hydrogens is 391 g/mol. The van der Waals surface area contributed by atoms with E-state index >= 15 is 0 Å². The highest BCUT2D eigenvalue weighted by molar-refractivity contribution is 7.88. The van der Waals surface area contributed by atoms with E-state index < -0.39 is 33.8 Å². The Bertz CT molecular complexity index is 899. The Morgan fingerprint density at radius 2 is 1.89 bits per heavy atom. The first-order valence-electron chi connectivity index (χ1n) is 8.74. The number of carbonyl (C=O) groups excluding carboxylic acids is 3. The molecule has 3 rings (SSSR count). The molecule has 2 aliphatic heterocycles. The van der Waals surface area contributed by atoms with Crippen molar-refractivity contribution >= 4 is 27.9 Å². The summed E-state index contributed by atoms with van der Waals surface area (Å²) in [5, 5.41) is 2.48. The van der Waals surface area contributed by atoms with Gasteiger partial charge in [0.25, 0.3) is 5.91 Å². The van der Waals surface area contributed by atoms with Gasteiger partial charge in [-0.15, -0.1) is 0 Å². The molecule has 152 valence electrons. The topological polar surface area (TPSA) is 107 Å². The first-order valence-corrected chi connectivity index (χ1v) is 10.6. The molecule has 0 aliphatic carbocycles. The zero-order valence-electron chi connectivity index (χ0n) is 15.3. The van der Waals surface area contributed by atoms with Crippen LogP contribution >= 0.6 is 0 Å². The van der Waals surface area contributed by atoms with Gasteiger partial charge < -0.3 is 10.2 Å². The molecule has 0 radical (unpaired) electrons. The van der Waals surface area contributed by atoms with Gasteiger partial charge in [0, 0.05) is 26.2 Å². The van der Waals surface area contributed by atoms with E-state index in [4.69, 9.17) is 0 Å². The predicted molar refractivity (Wildman–Crippen MR) is 96.9 cm³/mol. The molecule has 0 saturated carbocycles. The van der Waals surface area contributed by atoms with E-state index in [0.717, 1.165) is 11.2 Å². The van der Waals surface area contributed by atoms with Crippen molar-refractivity contribution in [3.05, 3.63) is 35.6 Å². The fraction of sp³-hybridized carbons (Fsp3) is 0.471. The van der Waals surface area contributed by atoms with Gasteiger partial charge in [0.05, 0.1) is 19.2 Å². The monoisotopic (exact) mass is 412 g/mol.